The van der Waals surface area contributed by atoms with Gasteiger partial charge in [-0.15, -0.1) is 0 Å². The van der Waals surface area contributed by atoms with Gasteiger partial charge in [0, 0.05) is 0 Å². The fraction of sp³-hybridized carbons (Fsp3) is 0.609. The first-order valence-corrected chi connectivity index (χ1v) is 10.7. The molecule has 0 aromatic heterocycles. The minimum absolute atomic E-state index is 0.0707. The van der Waals surface area contributed by atoms with Crippen molar-refractivity contribution in [1.29, 1.82) is 0 Å². The first-order valence-electron chi connectivity index (χ1n) is 10.7. The number of nitrogens with zero attached hydrogens (tertiary/aromatic N) is 1. The summed E-state index contributed by atoms with van der Waals surface area (Å²) in [4.78, 5) is 39.2. The van der Waals surface area contributed by atoms with Crippen molar-refractivity contribution in [2.24, 2.45) is 0 Å². The highest BCUT2D eigenvalue weighted by atomic mass is 16.6. The van der Waals surface area contributed by atoms with Crippen LogP contribution in [-0.2, 0) is 30.3 Å². The van der Waals surface area contributed by atoms with Crippen LogP contribution in [0.15, 0.2) is 30.3 Å². The van der Waals surface area contributed by atoms with Crippen LogP contribution in [0.2, 0.25) is 0 Å². The Hall–Kier alpha value is -2.81. The van der Waals surface area contributed by atoms with Gasteiger partial charge < -0.3 is 24.3 Å². The standard InChI is InChI=1S/C23H34N2O7/c1-7-29-19(26)13-17(24-20(27)30-14-16-11-9-8-10-12-16)18-15-31-23(5,6)25(18)21(28)32-22(2,3)4/h8-12,17-18H,7,13-15H2,1-6H3,(H,24,27). The van der Waals surface area contributed by atoms with E-state index >= 15 is 0 Å². The van der Waals surface area contributed by atoms with Gasteiger partial charge in [0.15, 0.2) is 0 Å². The van der Waals surface area contributed by atoms with Gasteiger partial charge in [0.2, 0.25) is 0 Å². The average Bonchev–Trinajstić information content (AvgIpc) is 3.00. The summed E-state index contributed by atoms with van der Waals surface area (Å²) >= 11 is 0. The number of carbonyl (C=O) groups excluding carboxylic acids is 3. The smallest absolute Gasteiger partial charge is 0.412 e. The van der Waals surface area contributed by atoms with Crippen LogP contribution < -0.4 is 5.32 Å². The number of carbonyl (C=O) groups is 3. The van der Waals surface area contributed by atoms with E-state index in [2.05, 4.69) is 5.32 Å². The summed E-state index contributed by atoms with van der Waals surface area (Å²) in [6.45, 7) is 10.8. The SMILES string of the molecule is CCOC(=O)CC(NC(=O)OCc1ccccc1)C1COC(C)(C)N1C(=O)OC(C)(C)C. The summed E-state index contributed by atoms with van der Waals surface area (Å²) in [5.74, 6) is -0.505. The molecule has 0 spiro atoms. The Bertz CT molecular complexity index is 789. The molecule has 1 heterocycles. The Morgan fingerprint density at radius 1 is 1.19 bits per heavy atom. The van der Waals surface area contributed by atoms with Crippen LogP contribution in [0, 0.1) is 0 Å². The van der Waals surface area contributed by atoms with Gasteiger partial charge in [-0.05, 0) is 47.1 Å². The van der Waals surface area contributed by atoms with Crippen molar-refractivity contribution >= 4 is 18.2 Å². The molecule has 1 aliphatic heterocycles. The number of benzene rings is 1. The van der Waals surface area contributed by atoms with Crippen LogP contribution in [0.1, 0.15) is 53.5 Å². The molecule has 178 valence electrons. The summed E-state index contributed by atoms with van der Waals surface area (Å²) in [7, 11) is 0. The predicted molar refractivity (Wildman–Crippen MR) is 117 cm³/mol. The maximum atomic E-state index is 13.0. The van der Waals surface area contributed by atoms with Gasteiger partial charge in [0.05, 0.1) is 31.7 Å². The molecule has 0 saturated carbocycles. The van der Waals surface area contributed by atoms with Crippen LogP contribution in [0.4, 0.5) is 9.59 Å². The van der Waals surface area contributed by atoms with Crippen LogP contribution in [-0.4, -0.2) is 59.7 Å². The molecule has 1 saturated heterocycles. The highest BCUT2D eigenvalue weighted by Crippen LogP contribution is 2.32. The molecule has 0 bridgehead atoms. The highest BCUT2D eigenvalue weighted by molar-refractivity contribution is 5.74. The fourth-order valence-corrected chi connectivity index (χ4v) is 3.39. The monoisotopic (exact) mass is 450 g/mol. The molecule has 1 aromatic rings. The van der Waals surface area contributed by atoms with Crippen molar-refractivity contribution in [2.75, 3.05) is 13.2 Å². The van der Waals surface area contributed by atoms with Crippen LogP contribution in [0.25, 0.3) is 0 Å². The van der Waals surface area contributed by atoms with E-state index in [-0.39, 0.29) is 26.2 Å². The van der Waals surface area contributed by atoms with Crippen molar-refractivity contribution in [3.8, 4) is 0 Å². The maximum Gasteiger partial charge on any atom is 0.412 e. The van der Waals surface area contributed by atoms with E-state index in [0.717, 1.165) is 5.56 Å². The fourth-order valence-electron chi connectivity index (χ4n) is 3.39. The second-order valence-electron chi connectivity index (χ2n) is 9.00. The molecule has 1 aliphatic rings. The van der Waals surface area contributed by atoms with Crippen molar-refractivity contribution in [3.63, 3.8) is 0 Å². The summed E-state index contributed by atoms with van der Waals surface area (Å²) in [6.07, 6.45) is -1.46. The topological polar surface area (TPSA) is 103 Å². The largest absolute Gasteiger partial charge is 0.466 e. The molecular weight excluding hydrogens is 416 g/mol. The number of ether oxygens (including phenoxy) is 4. The van der Waals surface area contributed by atoms with E-state index in [1.54, 1.807) is 41.5 Å². The summed E-state index contributed by atoms with van der Waals surface area (Å²) in [5.41, 5.74) is -0.889. The Labute approximate surface area is 189 Å². The minimum Gasteiger partial charge on any atom is -0.466 e. The van der Waals surface area contributed by atoms with Gasteiger partial charge in [-0.1, -0.05) is 30.3 Å². The van der Waals surface area contributed by atoms with Crippen LogP contribution in [0.5, 0.6) is 0 Å². The van der Waals surface area contributed by atoms with E-state index in [4.69, 9.17) is 18.9 Å². The van der Waals surface area contributed by atoms with Crippen LogP contribution in [0.3, 0.4) is 0 Å². The molecule has 0 radical (unpaired) electrons. The van der Waals surface area contributed by atoms with E-state index in [0.29, 0.717) is 0 Å². The first-order chi connectivity index (χ1) is 14.9. The molecule has 1 aromatic carbocycles. The number of rotatable bonds is 7. The highest BCUT2D eigenvalue weighted by Gasteiger charge is 2.49. The molecule has 9 nitrogen and oxygen atoms in total. The van der Waals surface area contributed by atoms with Crippen molar-refractivity contribution < 1.29 is 33.3 Å². The normalized spacial score (nSPS) is 18.6. The van der Waals surface area contributed by atoms with Gasteiger partial charge in [-0.2, -0.15) is 0 Å². The molecule has 9 heteroatoms. The number of hydrogen-bond acceptors (Lipinski definition) is 7. The molecule has 2 rings (SSSR count). The van der Waals surface area contributed by atoms with Crippen molar-refractivity contribution in [1.82, 2.24) is 10.2 Å². The predicted octanol–water partition coefficient (Wildman–Crippen LogP) is 3.61. The first kappa shape index (κ1) is 25.5. The average molecular weight is 451 g/mol. The number of nitrogens with one attached hydrogen (secondary N) is 1. The molecule has 1 fully saturated rings. The lowest BCUT2D eigenvalue weighted by Crippen LogP contribution is -2.57. The second kappa shape index (κ2) is 10.7. The lowest BCUT2D eigenvalue weighted by atomic mass is 10.0. The third-order valence-electron chi connectivity index (χ3n) is 4.78. The number of esters is 1. The van der Waals surface area contributed by atoms with E-state index in [9.17, 15) is 14.4 Å². The number of hydrogen-bond donors (Lipinski definition) is 1. The Kier molecular flexibility index (Phi) is 8.49. The number of alkyl carbamates (subject to hydrolysis) is 1. The Morgan fingerprint density at radius 2 is 1.84 bits per heavy atom. The lowest BCUT2D eigenvalue weighted by Gasteiger charge is -2.37. The quantitative estimate of drug-likeness (QED) is 0.500. The maximum absolute atomic E-state index is 13.0. The summed E-state index contributed by atoms with van der Waals surface area (Å²) < 4.78 is 21.7. The zero-order valence-electron chi connectivity index (χ0n) is 19.7. The van der Waals surface area contributed by atoms with Crippen molar-refractivity contribution in [2.45, 2.75) is 78.0 Å². The van der Waals surface area contributed by atoms with Gasteiger partial charge in [-0.25, -0.2) is 9.59 Å². The van der Waals surface area contributed by atoms with E-state index in [1.165, 1.54) is 4.90 Å². The van der Waals surface area contributed by atoms with Gasteiger partial charge in [-0.3, -0.25) is 9.69 Å². The molecule has 0 aliphatic carbocycles. The van der Waals surface area contributed by atoms with Gasteiger partial charge in [0.25, 0.3) is 0 Å². The molecule has 2 unspecified atom stereocenters. The van der Waals surface area contributed by atoms with E-state index < -0.39 is 41.6 Å². The molecule has 2 amide bonds. The number of amides is 2. The summed E-state index contributed by atoms with van der Waals surface area (Å²) in [6, 6.07) is 7.77. The van der Waals surface area contributed by atoms with Gasteiger partial charge in [0.1, 0.15) is 17.9 Å². The molecule has 1 N–H and O–H groups in total. The van der Waals surface area contributed by atoms with Gasteiger partial charge >= 0.3 is 18.2 Å². The Balaban J connectivity index is 2.18. The molecule has 32 heavy (non-hydrogen) atoms. The van der Waals surface area contributed by atoms with E-state index in [1.807, 2.05) is 30.3 Å². The third kappa shape index (κ3) is 7.40. The zero-order chi connectivity index (χ0) is 23.9. The zero-order valence-corrected chi connectivity index (χ0v) is 19.7. The lowest BCUT2D eigenvalue weighted by molar-refractivity contribution is -0.144. The summed E-state index contributed by atoms with van der Waals surface area (Å²) in [5, 5.41) is 2.71. The molecule has 2 atom stereocenters. The van der Waals surface area contributed by atoms with Crippen molar-refractivity contribution in [3.05, 3.63) is 35.9 Å². The third-order valence-corrected chi connectivity index (χ3v) is 4.78. The minimum atomic E-state index is -0.991. The second-order valence-corrected chi connectivity index (χ2v) is 9.00. The molecular formula is C23H34N2O7. The Morgan fingerprint density at radius 3 is 2.44 bits per heavy atom. The van der Waals surface area contributed by atoms with Crippen LogP contribution >= 0.6 is 0 Å².